The third-order valence-electron chi connectivity index (χ3n) is 4.06. The number of rotatable bonds is 6. The SMILES string of the molecule is CCCC(=O)Nc1cccc(NC(=O)C(N)c2ccc(C)cc2)c1C.Cl. The van der Waals surface area contributed by atoms with Crippen LogP contribution in [0.2, 0.25) is 0 Å². The van der Waals surface area contributed by atoms with Gasteiger partial charge in [0.1, 0.15) is 6.04 Å². The Balaban J connectivity index is 0.00000338. The number of aryl methyl sites for hydroxylation is 1. The molecule has 0 heterocycles. The van der Waals surface area contributed by atoms with E-state index in [1.54, 1.807) is 12.1 Å². The molecule has 0 saturated carbocycles. The van der Waals surface area contributed by atoms with Crippen molar-refractivity contribution in [2.75, 3.05) is 10.6 Å². The first-order chi connectivity index (χ1) is 11.9. The maximum atomic E-state index is 12.5. The zero-order valence-electron chi connectivity index (χ0n) is 15.3. The Morgan fingerprint density at radius 1 is 1.00 bits per heavy atom. The van der Waals surface area contributed by atoms with Crippen LogP contribution in [-0.4, -0.2) is 11.8 Å². The summed E-state index contributed by atoms with van der Waals surface area (Å²) in [5.74, 6) is -0.325. The molecule has 6 heteroatoms. The molecular weight excluding hydrogens is 350 g/mol. The number of nitrogens with two attached hydrogens (primary N) is 1. The van der Waals surface area contributed by atoms with Gasteiger partial charge in [-0.05, 0) is 43.5 Å². The number of carbonyl (C=O) groups is 2. The molecule has 140 valence electrons. The van der Waals surface area contributed by atoms with E-state index in [0.29, 0.717) is 17.8 Å². The molecule has 2 amide bonds. The van der Waals surface area contributed by atoms with Gasteiger partial charge in [0, 0.05) is 17.8 Å². The van der Waals surface area contributed by atoms with Crippen molar-refractivity contribution in [1.82, 2.24) is 0 Å². The van der Waals surface area contributed by atoms with E-state index in [1.165, 1.54) is 0 Å². The quantitative estimate of drug-likeness (QED) is 0.710. The summed E-state index contributed by atoms with van der Waals surface area (Å²) >= 11 is 0. The number of carbonyl (C=O) groups excluding carboxylic acids is 2. The molecule has 2 aromatic rings. The monoisotopic (exact) mass is 375 g/mol. The van der Waals surface area contributed by atoms with Gasteiger partial charge in [0.15, 0.2) is 0 Å². The molecule has 2 rings (SSSR count). The second-order valence-corrected chi connectivity index (χ2v) is 6.15. The van der Waals surface area contributed by atoms with Crippen molar-refractivity contribution in [3.05, 3.63) is 59.2 Å². The van der Waals surface area contributed by atoms with Crippen molar-refractivity contribution in [1.29, 1.82) is 0 Å². The van der Waals surface area contributed by atoms with Gasteiger partial charge in [-0.25, -0.2) is 0 Å². The van der Waals surface area contributed by atoms with E-state index in [2.05, 4.69) is 10.6 Å². The summed E-state index contributed by atoms with van der Waals surface area (Å²) < 4.78 is 0. The first kappa shape index (κ1) is 21.7. The second-order valence-electron chi connectivity index (χ2n) is 6.15. The first-order valence-electron chi connectivity index (χ1n) is 8.44. The van der Waals surface area contributed by atoms with Crippen molar-refractivity contribution in [3.8, 4) is 0 Å². The number of benzene rings is 2. The van der Waals surface area contributed by atoms with Crippen molar-refractivity contribution in [2.45, 2.75) is 39.7 Å². The number of halogens is 1. The summed E-state index contributed by atoms with van der Waals surface area (Å²) in [7, 11) is 0. The van der Waals surface area contributed by atoms with E-state index >= 15 is 0 Å². The van der Waals surface area contributed by atoms with E-state index < -0.39 is 6.04 Å². The van der Waals surface area contributed by atoms with Crippen LogP contribution in [0.25, 0.3) is 0 Å². The van der Waals surface area contributed by atoms with Crippen molar-refractivity contribution < 1.29 is 9.59 Å². The van der Waals surface area contributed by atoms with Gasteiger partial charge >= 0.3 is 0 Å². The fraction of sp³-hybridized carbons (Fsp3) is 0.300. The third-order valence-corrected chi connectivity index (χ3v) is 4.06. The minimum atomic E-state index is -0.752. The highest BCUT2D eigenvalue weighted by molar-refractivity contribution is 5.98. The molecule has 0 bridgehead atoms. The van der Waals surface area contributed by atoms with Crippen LogP contribution in [0.15, 0.2) is 42.5 Å². The predicted octanol–water partition coefficient (Wildman–Crippen LogP) is 4.10. The number of hydrogen-bond donors (Lipinski definition) is 3. The molecule has 0 fully saturated rings. The lowest BCUT2D eigenvalue weighted by atomic mass is 10.0. The normalized spacial score (nSPS) is 11.2. The molecule has 5 nitrogen and oxygen atoms in total. The second kappa shape index (κ2) is 9.94. The number of amides is 2. The summed E-state index contributed by atoms with van der Waals surface area (Å²) in [5, 5.41) is 5.72. The smallest absolute Gasteiger partial charge is 0.245 e. The highest BCUT2D eigenvalue weighted by Crippen LogP contribution is 2.24. The Morgan fingerprint density at radius 2 is 1.58 bits per heavy atom. The van der Waals surface area contributed by atoms with E-state index in [1.807, 2.05) is 51.1 Å². The minimum Gasteiger partial charge on any atom is -0.326 e. The number of hydrogen-bond acceptors (Lipinski definition) is 3. The molecule has 0 aromatic heterocycles. The first-order valence-corrected chi connectivity index (χ1v) is 8.44. The molecule has 0 radical (unpaired) electrons. The average molecular weight is 376 g/mol. The zero-order chi connectivity index (χ0) is 18.4. The molecular formula is C20H26ClN3O2. The van der Waals surface area contributed by atoms with Gasteiger partial charge in [0.25, 0.3) is 0 Å². The highest BCUT2D eigenvalue weighted by atomic mass is 35.5. The van der Waals surface area contributed by atoms with Crippen LogP contribution >= 0.6 is 12.4 Å². The number of anilines is 2. The summed E-state index contributed by atoms with van der Waals surface area (Å²) in [6.07, 6.45) is 1.25. The third kappa shape index (κ3) is 5.58. The van der Waals surface area contributed by atoms with Gasteiger partial charge in [-0.1, -0.05) is 42.8 Å². The average Bonchev–Trinajstić information content (AvgIpc) is 2.58. The molecule has 4 N–H and O–H groups in total. The summed E-state index contributed by atoms with van der Waals surface area (Å²) in [6.45, 7) is 5.79. The van der Waals surface area contributed by atoms with Gasteiger partial charge in [0.2, 0.25) is 11.8 Å². The fourth-order valence-electron chi connectivity index (χ4n) is 2.48. The van der Waals surface area contributed by atoms with Gasteiger partial charge < -0.3 is 16.4 Å². The Hall–Kier alpha value is -2.37. The lowest BCUT2D eigenvalue weighted by Gasteiger charge is -2.16. The largest absolute Gasteiger partial charge is 0.326 e. The zero-order valence-corrected chi connectivity index (χ0v) is 16.2. The maximum absolute atomic E-state index is 12.5. The van der Waals surface area contributed by atoms with Gasteiger partial charge in [0.05, 0.1) is 0 Å². The molecule has 0 spiro atoms. The molecule has 0 aliphatic carbocycles. The predicted molar refractivity (Wildman–Crippen MR) is 109 cm³/mol. The molecule has 1 unspecified atom stereocenters. The molecule has 26 heavy (non-hydrogen) atoms. The van der Waals surface area contributed by atoms with Gasteiger partial charge in [-0.15, -0.1) is 12.4 Å². The number of nitrogens with one attached hydrogen (secondary N) is 2. The maximum Gasteiger partial charge on any atom is 0.245 e. The Labute approximate surface area is 160 Å². The fourth-order valence-corrected chi connectivity index (χ4v) is 2.48. The van der Waals surface area contributed by atoms with Crippen LogP contribution in [-0.2, 0) is 9.59 Å². The topological polar surface area (TPSA) is 84.2 Å². The Kier molecular flexibility index (Phi) is 8.29. The lowest BCUT2D eigenvalue weighted by molar-refractivity contribution is -0.117. The van der Waals surface area contributed by atoms with Crippen LogP contribution in [0.1, 0.15) is 42.5 Å². The van der Waals surface area contributed by atoms with E-state index in [0.717, 1.165) is 23.1 Å². The van der Waals surface area contributed by atoms with Crippen LogP contribution in [0.5, 0.6) is 0 Å². The van der Waals surface area contributed by atoms with Gasteiger partial charge in [-0.2, -0.15) is 0 Å². The van der Waals surface area contributed by atoms with E-state index in [9.17, 15) is 9.59 Å². The summed E-state index contributed by atoms with van der Waals surface area (Å²) in [5.41, 5.74) is 10.1. The molecule has 2 aromatic carbocycles. The van der Waals surface area contributed by atoms with E-state index in [4.69, 9.17) is 5.73 Å². The molecule has 0 saturated heterocycles. The van der Waals surface area contributed by atoms with Crippen LogP contribution < -0.4 is 16.4 Å². The van der Waals surface area contributed by atoms with E-state index in [-0.39, 0.29) is 24.2 Å². The lowest BCUT2D eigenvalue weighted by Crippen LogP contribution is -2.28. The van der Waals surface area contributed by atoms with Gasteiger partial charge in [-0.3, -0.25) is 9.59 Å². The van der Waals surface area contributed by atoms with Crippen molar-refractivity contribution >= 4 is 35.6 Å². The summed E-state index contributed by atoms with van der Waals surface area (Å²) in [6, 6.07) is 12.2. The Morgan fingerprint density at radius 3 is 2.15 bits per heavy atom. The minimum absolute atomic E-state index is 0. The highest BCUT2D eigenvalue weighted by Gasteiger charge is 2.17. The standard InChI is InChI=1S/C20H25N3O2.ClH/c1-4-6-18(24)22-16-7-5-8-17(14(16)3)23-20(25)19(21)15-11-9-13(2)10-12-15;/h5,7-12,19H,4,6,21H2,1-3H3,(H,22,24)(H,23,25);1H. The molecule has 0 aliphatic heterocycles. The molecule has 0 aliphatic rings. The summed E-state index contributed by atoms with van der Waals surface area (Å²) in [4.78, 5) is 24.3. The van der Waals surface area contributed by atoms with Crippen molar-refractivity contribution in [2.24, 2.45) is 5.73 Å². The molecule has 1 atom stereocenters. The van der Waals surface area contributed by atoms with Crippen LogP contribution in [0.3, 0.4) is 0 Å². The Bertz CT molecular complexity index is 760. The van der Waals surface area contributed by atoms with Crippen LogP contribution in [0, 0.1) is 13.8 Å². The van der Waals surface area contributed by atoms with Crippen molar-refractivity contribution in [3.63, 3.8) is 0 Å². The van der Waals surface area contributed by atoms with Crippen LogP contribution in [0.4, 0.5) is 11.4 Å².